The second-order valence-electron chi connectivity index (χ2n) is 7.23. The van der Waals surface area contributed by atoms with Crippen molar-refractivity contribution in [3.05, 3.63) is 83.3 Å². The van der Waals surface area contributed by atoms with Gasteiger partial charge >= 0.3 is 0 Å². The van der Waals surface area contributed by atoms with Gasteiger partial charge < -0.3 is 14.8 Å². The van der Waals surface area contributed by atoms with E-state index in [1.165, 1.54) is 0 Å². The molecule has 2 aromatic heterocycles. The van der Waals surface area contributed by atoms with Crippen molar-refractivity contribution >= 4 is 17.5 Å². The fourth-order valence-electron chi connectivity index (χ4n) is 3.43. The average Bonchev–Trinajstić information content (AvgIpc) is 3.30. The molecular formula is C24H22ClN5O3. The molecule has 0 fully saturated rings. The van der Waals surface area contributed by atoms with Crippen LogP contribution in [0.15, 0.2) is 67.0 Å². The molecule has 0 saturated heterocycles. The van der Waals surface area contributed by atoms with Crippen molar-refractivity contribution in [2.24, 2.45) is 0 Å². The van der Waals surface area contributed by atoms with Gasteiger partial charge in [-0.25, -0.2) is 4.68 Å². The predicted octanol–water partition coefficient (Wildman–Crippen LogP) is 4.49. The van der Waals surface area contributed by atoms with Crippen molar-refractivity contribution in [1.82, 2.24) is 25.3 Å². The molecule has 2 aromatic carbocycles. The zero-order chi connectivity index (χ0) is 23.4. The number of nitrogens with zero attached hydrogens (tertiary/aromatic N) is 4. The Hall–Kier alpha value is -3.91. The lowest BCUT2D eigenvalue weighted by Gasteiger charge is -2.16. The topological polar surface area (TPSA) is 91.2 Å². The number of hydrogen-bond acceptors (Lipinski definition) is 6. The first-order valence-electron chi connectivity index (χ1n) is 10.2. The van der Waals surface area contributed by atoms with Crippen LogP contribution >= 0.6 is 11.6 Å². The number of ether oxygens (including phenoxy) is 2. The van der Waals surface area contributed by atoms with E-state index in [9.17, 15) is 4.79 Å². The summed E-state index contributed by atoms with van der Waals surface area (Å²) in [4.78, 5) is 17.5. The molecule has 4 rings (SSSR count). The smallest absolute Gasteiger partial charge is 0.274 e. The molecule has 0 aliphatic carbocycles. The Bertz CT molecular complexity index is 1260. The summed E-state index contributed by atoms with van der Waals surface area (Å²) in [5.74, 6) is 0.835. The van der Waals surface area contributed by atoms with E-state index in [0.29, 0.717) is 27.8 Å². The van der Waals surface area contributed by atoms with Crippen molar-refractivity contribution in [2.75, 3.05) is 14.2 Å². The van der Waals surface area contributed by atoms with E-state index in [1.54, 1.807) is 55.6 Å². The van der Waals surface area contributed by atoms with Gasteiger partial charge in [-0.3, -0.25) is 9.78 Å². The van der Waals surface area contributed by atoms with Crippen LogP contribution in [0.2, 0.25) is 5.02 Å². The zero-order valence-corrected chi connectivity index (χ0v) is 19.1. The highest BCUT2D eigenvalue weighted by atomic mass is 35.5. The Kier molecular flexibility index (Phi) is 6.55. The third-order valence-electron chi connectivity index (χ3n) is 5.15. The molecule has 0 aliphatic rings. The number of carbonyl (C=O) groups is 1. The third-order valence-corrected chi connectivity index (χ3v) is 5.40. The summed E-state index contributed by atoms with van der Waals surface area (Å²) < 4.78 is 12.3. The Morgan fingerprint density at radius 2 is 1.82 bits per heavy atom. The molecule has 33 heavy (non-hydrogen) atoms. The minimum absolute atomic E-state index is 0.185. The second-order valence-corrected chi connectivity index (χ2v) is 7.66. The van der Waals surface area contributed by atoms with Gasteiger partial charge in [0.1, 0.15) is 5.69 Å². The van der Waals surface area contributed by atoms with Crippen molar-refractivity contribution in [3.63, 3.8) is 0 Å². The van der Waals surface area contributed by atoms with E-state index in [0.717, 1.165) is 11.3 Å². The van der Waals surface area contributed by atoms with Gasteiger partial charge in [-0.05, 0) is 61.0 Å². The SMILES string of the molecule is COc1ccc([C@H](C)NC(=O)c2nnn(-c3ccc(Cl)cc3)c2-c2cccnc2)cc1OC. The molecule has 0 spiro atoms. The van der Waals surface area contributed by atoms with E-state index in [-0.39, 0.29) is 17.6 Å². The number of methoxy groups -OCH3 is 2. The third kappa shape index (κ3) is 4.65. The summed E-state index contributed by atoms with van der Waals surface area (Å²) in [5.41, 5.74) is 3.00. The van der Waals surface area contributed by atoms with E-state index >= 15 is 0 Å². The number of carbonyl (C=O) groups excluding carboxylic acids is 1. The molecule has 0 radical (unpaired) electrons. The summed E-state index contributed by atoms with van der Waals surface area (Å²) in [6, 6.07) is 16.0. The highest BCUT2D eigenvalue weighted by molar-refractivity contribution is 6.30. The summed E-state index contributed by atoms with van der Waals surface area (Å²) in [7, 11) is 3.15. The number of amides is 1. The number of hydrogen-bond donors (Lipinski definition) is 1. The predicted molar refractivity (Wildman–Crippen MR) is 125 cm³/mol. The second kappa shape index (κ2) is 9.70. The lowest BCUT2D eigenvalue weighted by atomic mass is 10.1. The standard InChI is InChI=1S/C24H22ClN5O3/c1-15(16-6-11-20(32-2)21(13-16)33-3)27-24(31)22-23(17-5-4-12-26-14-17)30(29-28-22)19-9-7-18(25)8-10-19/h4-15H,1-3H3,(H,27,31)/t15-/m0/s1. The molecule has 8 nitrogen and oxygen atoms in total. The van der Waals surface area contributed by atoms with Gasteiger partial charge in [0.25, 0.3) is 5.91 Å². The Morgan fingerprint density at radius 3 is 2.48 bits per heavy atom. The molecule has 1 atom stereocenters. The molecule has 0 aliphatic heterocycles. The zero-order valence-electron chi connectivity index (χ0n) is 18.3. The largest absolute Gasteiger partial charge is 0.493 e. The highest BCUT2D eigenvalue weighted by Gasteiger charge is 2.24. The molecule has 168 valence electrons. The maximum absolute atomic E-state index is 13.3. The lowest BCUT2D eigenvalue weighted by Crippen LogP contribution is -2.27. The Labute approximate surface area is 196 Å². The summed E-state index contributed by atoms with van der Waals surface area (Å²) >= 11 is 6.03. The number of benzene rings is 2. The number of halogens is 1. The highest BCUT2D eigenvalue weighted by Crippen LogP contribution is 2.30. The van der Waals surface area contributed by atoms with Gasteiger partial charge in [-0.2, -0.15) is 0 Å². The molecule has 2 heterocycles. The number of nitrogens with one attached hydrogen (secondary N) is 1. The number of rotatable bonds is 7. The van der Waals surface area contributed by atoms with Gasteiger partial charge in [0.15, 0.2) is 17.2 Å². The molecular weight excluding hydrogens is 442 g/mol. The Balaban J connectivity index is 1.68. The van der Waals surface area contributed by atoms with Crippen LogP contribution in [0.4, 0.5) is 0 Å². The maximum Gasteiger partial charge on any atom is 0.274 e. The monoisotopic (exact) mass is 463 g/mol. The van der Waals surface area contributed by atoms with Crippen molar-refractivity contribution in [2.45, 2.75) is 13.0 Å². The summed E-state index contributed by atoms with van der Waals surface area (Å²) in [6.45, 7) is 1.88. The average molecular weight is 464 g/mol. The fraction of sp³-hybridized carbons (Fsp3) is 0.167. The molecule has 1 amide bonds. The lowest BCUT2D eigenvalue weighted by molar-refractivity contribution is 0.0935. The first kappa shape index (κ1) is 22.3. The molecule has 4 aromatic rings. The minimum Gasteiger partial charge on any atom is -0.493 e. The van der Waals surface area contributed by atoms with Crippen LogP contribution in [-0.2, 0) is 0 Å². The molecule has 0 unspecified atom stereocenters. The fourth-order valence-corrected chi connectivity index (χ4v) is 3.56. The normalized spacial score (nSPS) is 11.6. The molecule has 9 heteroatoms. The van der Waals surface area contributed by atoms with Gasteiger partial charge in [-0.15, -0.1) is 5.10 Å². The minimum atomic E-state index is -0.364. The van der Waals surface area contributed by atoms with Crippen LogP contribution in [0.1, 0.15) is 29.0 Å². The number of aromatic nitrogens is 4. The van der Waals surface area contributed by atoms with Crippen LogP contribution in [-0.4, -0.2) is 40.1 Å². The summed E-state index contributed by atoms with van der Waals surface area (Å²) in [6.07, 6.45) is 3.33. The summed E-state index contributed by atoms with van der Waals surface area (Å²) in [5, 5.41) is 12.0. The van der Waals surface area contributed by atoms with Crippen molar-refractivity contribution in [1.29, 1.82) is 0 Å². The van der Waals surface area contributed by atoms with Crippen LogP contribution in [0, 0.1) is 0 Å². The van der Waals surface area contributed by atoms with E-state index in [4.69, 9.17) is 21.1 Å². The molecule has 1 N–H and O–H groups in total. The van der Waals surface area contributed by atoms with Crippen LogP contribution in [0.25, 0.3) is 16.9 Å². The quantitative estimate of drug-likeness (QED) is 0.434. The van der Waals surface area contributed by atoms with E-state index in [1.807, 2.05) is 37.3 Å². The van der Waals surface area contributed by atoms with Gasteiger partial charge in [-0.1, -0.05) is 22.9 Å². The molecule has 0 saturated carbocycles. The van der Waals surface area contributed by atoms with Gasteiger partial charge in [0.2, 0.25) is 0 Å². The van der Waals surface area contributed by atoms with E-state index < -0.39 is 0 Å². The van der Waals surface area contributed by atoms with E-state index in [2.05, 4.69) is 20.6 Å². The number of pyridine rings is 1. The first-order valence-corrected chi connectivity index (χ1v) is 10.5. The van der Waals surface area contributed by atoms with Gasteiger partial charge in [0, 0.05) is 23.0 Å². The molecule has 0 bridgehead atoms. The van der Waals surface area contributed by atoms with Crippen molar-refractivity contribution < 1.29 is 14.3 Å². The Morgan fingerprint density at radius 1 is 1.06 bits per heavy atom. The van der Waals surface area contributed by atoms with Crippen molar-refractivity contribution in [3.8, 4) is 28.4 Å². The van der Waals surface area contributed by atoms with Gasteiger partial charge in [0.05, 0.1) is 25.9 Å². The van der Waals surface area contributed by atoms with Crippen LogP contribution in [0.5, 0.6) is 11.5 Å². The maximum atomic E-state index is 13.3. The first-order chi connectivity index (χ1) is 16.0. The van der Waals surface area contributed by atoms with Crippen LogP contribution in [0.3, 0.4) is 0 Å². The van der Waals surface area contributed by atoms with Crippen LogP contribution < -0.4 is 14.8 Å².